The van der Waals surface area contributed by atoms with Gasteiger partial charge in [-0.2, -0.15) is 5.10 Å². The number of ether oxygens (including phenoxy) is 1. The number of halogens is 2. The van der Waals surface area contributed by atoms with Crippen LogP contribution < -0.4 is 5.73 Å². The summed E-state index contributed by atoms with van der Waals surface area (Å²) in [5, 5.41) is 6.07. The van der Waals surface area contributed by atoms with Crippen molar-refractivity contribution in [1.29, 1.82) is 0 Å². The van der Waals surface area contributed by atoms with E-state index in [9.17, 15) is 13.6 Å². The summed E-state index contributed by atoms with van der Waals surface area (Å²) in [6.07, 6.45) is 0.222. The molecule has 1 aliphatic rings. The molecule has 0 aromatic heterocycles. The molecule has 10 heteroatoms. The lowest BCUT2D eigenvalue weighted by atomic mass is 9.99. The first-order chi connectivity index (χ1) is 16.2. The number of amides is 1. The van der Waals surface area contributed by atoms with Crippen molar-refractivity contribution in [3.05, 3.63) is 71.3 Å². The first-order valence-corrected chi connectivity index (χ1v) is 11.6. The van der Waals surface area contributed by atoms with Crippen LogP contribution in [0.5, 0.6) is 0 Å². The van der Waals surface area contributed by atoms with Gasteiger partial charge in [0.15, 0.2) is 5.96 Å². The van der Waals surface area contributed by atoms with E-state index in [1.807, 2.05) is 30.3 Å². The summed E-state index contributed by atoms with van der Waals surface area (Å²) in [6, 6.07) is 12.6. The maximum atomic E-state index is 14.7. The molecule has 0 spiro atoms. The molecule has 0 bridgehead atoms. The van der Waals surface area contributed by atoms with Crippen LogP contribution in [0.1, 0.15) is 30.9 Å². The Bertz CT molecular complexity index is 1080. The van der Waals surface area contributed by atoms with Gasteiger partial charge in [0.2, 0.25) is 0 Å². The van der Waals surface area contributed by atoms with E-state index in [2.05, 4.69) is 10.1 Å². The molecule has 0 saturated carbocycles. The van der Waals surface area contributed by atoms with Gasteiger partial charge in [0, 0.05) is 33.3 Å². The summed E-state index contributed by atoms with van der Waals surface area (Å²) in [5.41, 5.74) is 6.71. The van der Waals surface area contributed by atoms with Gasteiger partial charge in [-0.15, -0.1) is 0 Å². The first kappa shape index (κ1) is 25.6. The molecule has 1 heterocycles. The number of hydrogen-bond acceptors (Lipinski definition) is 5. The quantitative estimate of drug-likeness (QED) is 0.347. The predicted molar refractivity (Wildman–Crippen MR) is 131 cm³/mol. The zero-order chi connectivity index (χ0) is 24.9. The minimum atomic E-state index is -0.998. The Balaban J connectivity index is 2.06. The summed E-state index contributed by atoms with van der Waals surface area (Å²) in [7, 11) is 5.04. The zero-order valence-corrected chi connectivity index (χ0v) is 20.5. The van der Waals surface area contributed by atoms with Crippen molar-refractivity contribution < 1.29 is 18.3 Å². The molecule has 0 radical (unpaired) electrons. The van der Waals surface area contributed by atoms with Crippen LogP contribution in [0.3, 0.4) is 0 Å². The molecule has 0 fully saturated rings. The topological polar surface area (TPSA) is 83.5 Å². The second-order valence-electron chi connectivity index (χ2n) is 8.05. The fourth-order valence-corrected chi connectivity index (χ4v) is 4.93. The van der Waals surface area contributed by atoms with Gasteiger partial charge >= 0.3 is 0 Å². The van der Waals surface area contributed by atoms with Gasteiger partial charge in [0.25, 0.3) is 5.91 Å². The molecule has 182 valence electrons. The Morgan fingerprint density at radius 3 is 2.62 bits per heavy atom. The first-order valence-electron chi connectivity index (χ1n) is 10.8. The summed E-state index contributed by atoms with van der Waals surface area (Å²) in [4.78, 5) is 18.5. The van der Waals surface area contributed by atoms with Gasteiger partial charge in [0.1, 0.15) is 27.7 Å². The van der Waals surface area contributed by atoms with Crippen molar-refractivity contribution in [2.75, 3.05) is 27.7 Å². The number of hydrazone groups is 1. The average Bonchev–Trinajstić information content (AvgIpc) is 3.23. The molecule has 0 aliphatic carbocycles. The number of nitrogens with two attached hydrogens (primary N) is 1. The molecule has 2 unspecified atom stereocenters. The van der Waals surface area contributed by atoms with Crippen LogP contribution in [-0.4, -0.2) is 60.7 Å². The summed E-state index contributed by atoms with van der Waals surface area (Å²) in [5.74, 6) is -1.20. The number of methoxy groups -OCH3 is 1. The normalized spacial score (nSPS) is 19.2. The average molecular weight is 490 g/mol. The SMILES string of the molecule is COC(C)C(=O)N1N=C(c2cc(F)ccc2F)SC1(CCCN=C(N)N(C)C)c1ccccc1. The number of aliphatic imine (C=N–C) groups is 1. The van der Waals surface area contributed by atoms with Crippen LogP contribution in [0, 0.1) is 11.6 Å². The van der Waals surface area contributed by atoms with Crippen molar-refractivity contribution in [2.45, 2.75) is 30.7 Å². The summed E-state index contributed by atoms with van der Waals surface area (Å²) in [6.45, 7) is 2.05. The largest absolute Gasteiger partial charge is 0.372 e. The summed E-state index contributed by atoms with van der Waals surface area (Å²) >= 11 is 1.22. The minimum absolute atomic E-state index is 0.000508. The van der Waals surface area contributed by atoms with Gasteiger partial charge in [-0.1, -0.05) is 42.1 Å². The van der Waals surface area contributed by atoms with Crippen molar-refractivity contribution in [1.82, 2.24) is 9.91 Å². The van der Waals surface area contributed by atoms with Crippen LogP contribution in [0.25, 0.3) is 0 Å². The highest BCUT2D eigenvalue weighted by Crippen LogP contribution is 2.51. The lowest BCUT2D eigenvalue weighted by Crippen LogP contribution is -2.45. The highest BCUT2D eigenvalue weighted by Gasteiger charge is 2.49. The third kappa shape index (κ3) is 5.39. The predicted octanol–water partition coefficient (Wildman–Crippen LogP) is 3.75. The van der Waals surface area contributed by atoms with E-state index in [0.29, 0.717) is 25.3 Å². The van der Waals surface area contributed by atoms with Gasteiger partial charge in [0.05, 0.1) is 0 Å². The highest BCUT2D eigenvalue weighted by molar-refractivity contribution is 8.15. The van der Waals surface area contributed by atoms with E-state index in [-0.39, 0.29) is 16.5 Å². The van der Waals surface area contributed by atoms with E-state index in [0.717, 1.165) is 23.8 Å². The number of carbonyl (C=O) groups excluding carboxylic acids is 1. The third-order valence-electron chi connectivity index (χ3n) is 5.50. The van der Waals surface area contributed by atoms with Crippen LogP contribution in [0.2, 0.25) is 0 Å². The molecule has 2 aromatic rings. The molecule has 3 rings (SSSR count). The number of hydrogen-bond donors (Lipinski definition) is 1. The third-order valence-corrected chi connectivity index (χ3v) is 6.94. The minimum Gasteiger partial charge on any atom is -0.372 e. The van der Waals surface area contributed by atoms with E-state index in [1.165, 1.54) is 23.9 Å². The van der Waals surface area contributed by atoms with Crippen LogP contribution in [0.4, 0.5) is 8.78 Å². The van der Waals surface area contributed by atoms with Crippen LogP contribution in [0.15, 0.2) is 58.6 Å². The summed E-state index contributed by atoms with van der Waals surface area (Å²) < 4.78 is 33.9. The van der Waals surface area contributed by atoms with Crippen LogP contribution in [-0.2, 0) is 14.4 Å². The van der Waals surface area contributed by atoms with Gasteiger partial charge in [-0.05, 0) is 43.5 Å². The lowest BCUT2D eigenvalue weighted by Gasteiger charge is -2.36. The van der Waals surface area contributed by atoms with Crippen molar-refractivity contribution >= 4 is 28.7 Å². The second kappa shape index (κ2) is 11.0. The monoisotopic (exact) mass is 489 g/mol. The molecule has 2 aromatic carbocycles. The molecule has 1 amide bonds. The molecule has 2 N–H and O–H groups in total. The van der Waals surface area contributed by atoms with Crippen molar-refractivity contribution in [3.63, 3.8) is 0 Å². The molecule has 7 nitrogen and oxygen atoms in total. The van der Waals surface area contributed by atoms with E-state index < -0.39 is 22.6 Å². The van der Waals surface area contributed by atoms with Crippen molar-refractivity contribution in [2.24, 2.45) is 15.8 Å². The van der Waals surface area contributed by atoms with Crippen molar-refractivity contribution in [3.8, 4) is 0 Å². The Morgan fingerprint density at radius 2 is 1.97 bits per heavy atom. The smallest absolute Gasteiger partial charge is 0.273 e. The molecular formula is C24H29F2N5O2S. The molecule has 2 atom stereocenters. The Kier molecular flexibility index (Phi) is 8.27. The molecular weight excluding hydrogens is 460 g/mol. The standard InChI is InChI=1S/C24H29F2N5O2S/c1-16(33-4)22(32)31-24(17-9-6-5-7-10-17,13-8-14-28-23(27)30(2)3)34-21(29-31)19-15-18(25)11-12-20(19)26/h5-7,9-12,15-16H,8,13-14H2,1-4H3,(H2,27,28). The maximum absolute atomic E-state index is 14.7. The molecule has 1 aliphatic heterocycles. The Labute approximate surface area is 202 Å². The number of benzene rings is 2. The number of guanidine groups is 1. The molecule has 34 heavy (non-hydrogen) atoms. The Morgan fingerprint density at radius 1 is 1.26 bits per heavy atom. The number of carbonyl (C=O) groups is 1. The number of rotatable bonds is 8. The van der Waals surface area contributed by atoms with E-state index in [4.69, 9.17) is 10.5 Å². The second-order valence-corrected chi connectivity index (χ2v) is 9.31. The molecule has 0 saturated heterocycles. The number of thioether (sulfide) groups is 1. The lowest BCUT2D eigenvalue weighted by molar-refractivity contribution is -0.144. The fourth-order valence-electron chi connectivity index (χ4n) is 3.50. The van der Waals surface area contributed by atoms with Gasteiger partial charge < -0.3 is 15.4 Å². The zero-order valence-electron chi connectivity index (χ0n) is 19.7. The highest BCUT2D eigenvalue weighted by atomic mass is 32.2. The van der Waals surface area contributed by atoms with E-state index >= 15 is 0 Å². The fraction of sp³-hybridized carbons (Fsp3) is 0.375. The Hall–Kier alpha value is -2.98. The van der Waals surface area contributed by atoms with Gasteiger partial charge in [-0.3, -0.25) is 9.79 Å². The van der Waals surface area contributed by atoms with Crippen LogP contribution >= 0.6 is 11.8 Å². The van der Waals surface area contributed by atoms with Gasteiger partial charge in [-0.25, -0.2) is 13.8 Å². The van der Waals surface area contributed by atoms with E-state index in [1.54, 1.807) is 25.9 Å². The maximum Gasteiger partial charge on any atom is 0.273 e. The number of nitrogens with zero attached hydrogens (tertiary/aromatic N) is 4.